The maximum atomic E-state index is 13.0. The van der Waals surface area contributed by atoms with Crippen LogP contribution in [0.4, 0.5) is 0 Å². The molecule has 2 N–H and O–H groups in total. The van der Waals surface area contributed by atoms with Gasteiger partial charge >= 0.3 is 0 Å². The molecule has 2 amide bonds. The van der Waals surface area contributed by atoms with E-state index in [9.17, 15) is 9.59 Å². The molecule has 7 heteroatoms. The van der Waals surface area contributed by atoms with E-state index in [1.54, 1.807) is 6.20 Å². The maximum Gasteiger partial charge on any atom is 0.239 e. The summed E-state index contributed by atoms with van der Waals surface area (Å²) < 4.78 is 1.95. The summed E-state index contributed by atoms with van der Waals surface area (Å²) in [6.45, 7) is 4.94. The molecule has 2 fully saturated rings. The zero-order valence-electron chi connectivity index (χ0n) is 15.0. The fourth-order valence-corrected chi connectivity index (χ4v) is 4.17. The molecule has 2 aliphatic rings. The lowest BCUT2D eigenvalue weighted by atomic mass is 9.96. The second-order valence-electron chi connectivity index (χ2n) is 7.32. The van der Waals surface area contributed by atoms with E-state index in [1.165, 1.54) is 6.42 Å². The van der Waals surface area contributed by atoms with Crippen LogP contribution in [0.3, 0.4) is 0 Å². The normalized spacial score (nSPS) is 26.4. The van der Waals surface area contributed by atoms with Gasteiger partial charge in [0.1, 0.15) is 0 Å². The number of nitrogens with zero attached hydrogens (tertiary/aromatic N) is 4. The topological polar surface area (TPSA) is 84.5 Å². The van der Waals surface area contributed by atoms with Gasteiger partial charge in [-0.15, -0.1) is 0 Å². The van der Waals surface area contributed by atoms with Crippen molar-refractivity contribution >= 4 is 11.8 Å². The van der Waals surface area contributed by atoms with Gasteiger partial charge in [0.2, 0.25) is 11.8 Å². The van der Waals surface area contributed by atoms with Gasteiger partial charge < -0.3 is 10.6 Å². The van der Waals surface area contributed by atoms with Crippen molar-refractivity contribution in [2.24, 2.45) is 11.7 Å². The second-order valence-corrected chi connectivity index (χ2v) is 7.32. The van der Waals surface area contributed by atoms with Gasteiger partial charge in [-0.2, -0.15) is 5.10 Å². The highest BCUT2D eigenvalue weighted by atomic mass is 16.2. The van der Waals surface area contributed by atoms with Crippen molar-refractivity contribution in [2.45, 2.75) is 57.7 Å². The molecule has 0 bridgehead atoms. The van der Waals surface area contributed by atoms with Crippen molar-refractivity contribution in [1.29, 1.82) is 0 Å². The molecule has 0 spiro atoms. The number of likely N-dealkylation sites (tertiary alicyclic amines) is 2. The first kappa shape index (κ1) is 17.9. The summed E-state index contributed by atoms with van der Waals surface area (Å²) in [5.74, 6) is -0.371. The Kier molecular flexibility index (Phi) is 5.73. The Labute approximate surface area is 149 Å². The van der Waals surface area contributed by atoms with E-state index < -0.39 is 0 Å². The van der Waals surface area contributed by atoms with E-state index in [4.69, 9.17) is 5.73 Å². The number of carbonyl (C=O) groups is 2. The molecular weight excluding hydrogens is 318 g/mol. The number of rotatable bonds is 5. The van der Waals surface area contributed by atoms with Gasteiger partial charge in [0, 0.05) is 31.5 Å². The molecule has 0 aliphatic carbocycles. The third kappa shape index (κ3) is 4.21. The van der Waals surface area contributed by atoms with Gasteiger partial charge in [-0.3, -0.25) is 19.2 Å². The number of nitrogens with two attached hydrogens (primary N) is 1. The lowest BCUT2D eigenvalue weighted by molar-refractivity contribution is -0.141. The molecule has 7 nitrogen and oxygen atoms in total. The molecule has 3 heterocycles. The first-order valence-corrected chi connectivity index (χ1v) is 9.37. The van der Waals surface area contributed by atoms with Crippen molar-refractivity contribution in [3.05, 3.63) is 18.5 Å². The zero-order valence-corrected chi connectivity index (χ0v) is 15.0. The fourth-order valence-electron chi connectivity index (χ4n) is 4.17. The number of carbonyl (C=O) groups excluding carboxylic acids is 2. The van der Waals surface area contributed by atoms with E-state index in [2.05, 4.69) is 10.00 Å². The molecule has 0 aromatic carbocycles. The molecule has 0 unspecified atom stereocenters. The Morgan fingerprint density at radius 1 is 1.24 bits per heavy atom. The highest BCUT2D eigenvalue weighted by Crippen LogP contribution is 2.24. The number of hydrogen-bond donors (Lipinski definition) is 1. The number of primary amides is 1. The summed E-state index contributed by atoms with van der Waals surface area (Å²) in [6.07, 6.45) is 8.80. The van der Waals surface area contributed by atoms with E-state index in [-0.39, 0.29) is 23.8 Å². The van der Waals surface area contributed by atoms with Crippen molar-refractivity contribution < 1.29 is 9.59 Å². The van der Waals surface area contributed by atoms with Crippen LogP contribution in [0.1, 0.15) is 39.0 Å². The van der Waals surface area contributed by atoms with Gasteiger partial charge in [-0.1, -0.05) is 6.42 Å². The Morgan fingerprint density at radius 3 is 2.80 bits per heavy atom. The van der Waals surface area contributed by atoms with Crippen molar-refractivity contribution in [3.8, 4) is 0 Å². The standard InChI is InChI=1S/C18H29N5O2/c1-14(18(25)21-9-4-6-15(12-21)17(19)24)23-11-3-2-7-16(23)13-22-10-5-8-20-22/h5,8,10,14-16H,2-4,6-7,9,11-13H2,1H3,(H2,19,24)/t14-,15+,16-/m1/s1. The van der Waals surface area contributed by atoms with Crippen LogP contribution in [0.5, 0.6) is 0 Å². The van der Waals surface area contributed by atoms with Gasteiger partial charge in [0.15, 0.2) is 0 Å². The quantitative estimate of drug-likeness (QED) is 0.856. The summed E-state index contributed by atoms with van der Waals surface area (Å²) in [6, 6.07) is 2.08. The van der Waals surface area contributed by atoms with Crippen LogP contribution in [0, 0.1) is 5.92 Å². The van der Waals surface area contributed by atoms with E-state index in [1.807, 2.05) is 28.8 Å². The Hall–Kier alpha value is -1.89. The minimum Gasteiger partial charge on any atom is -0.369 e. The van der Waals surface area contributed by atoms with Gasteiger partial charge in [-0.05, 0) is 45.2 Å². The minimum atomic E-state index is -0.292. The SMILES string of the molecule is C[C@H](C(=O)N1CCC[C@H](C(N)=O)C1)N1CCCC[C@@H]1Cn1cccn1. The second kappa shape index (κ2) is 7.99. The van der Waals surface area contributed by atoms with Crippen LogP contribution in [0.15, 0.2) is 18.5 Å². The summed E-state index contributed by atoms with van der Waals surface area (Å²) >= 11 is 0. The third-order valence-electron chi connectivity index (χ3n) is 5.62. The Bertz CT molecular complexity index is 588. The minimum absolute atomic E-state index is 0.123. The fraction of sp³-hybridized carbons (Fsp3) is 0.722. The van der Waals surface area contributed by atoms with E-state index in [0.717, 1.165) is 45.3 Å². The number of amides is 2. The number of aromatic nitrogens is 2. The largest absolute Gasteiger partial charge is 0.369 e. The predicted molar refractivity (Wildman–Crippen MR) is 94.5 cm³/mol. The molecule has 0 saturated carbocycles. The van der Waals surface area contributed by atoms with Crippen LogP contribution in [0.2, 0.25) is 0 Å². The average molecular weight is 347 g/mol. The van der Waals surface area contributed by atoms with Crippen LogP contribution >= 0.6 is 0 Å². The van der Waals surface area contributed by atoms with Crippen LogP contribution in [-0.2, 0) is 16.1 Å². The van der Waals surface area contributed by atoms with E-state index in [0.29, 0.717) is 12.6 Å². The monoisotopic (exact) mass is 347 g/mol. The summed E-state index contributed by atoms with van der Waals surface area (Å²) in [7, 11) is 0. The molecule has 3 rings (SSSR count). The molecular formula is C18H29N5O2. The molecule has 138 valence electrons. The summed E-state index contributed by atoms with van der Waals surface area (Å²) in [5, 5.41) is 4.31. The zero-order chi connectivity index (χ0) is 17.8. The smallest absolute Gasteiger partial charge is 0.239 e. The number of hydrogen-bond acceptors (Lipinski definition) is 4. The van der Waals surface area contributed by atoms with E-state index >= 15 is 0 Å². The Balaban J connectivity index is 1.65. The molecule has 0 radical (unpaired) electrons. The van der Waals surface area contributed by atoms with Crippen molar-refractivity contribution in [3.63, 3.8) is 0 Å². The van der Waals surface area contributed by atoms with Crippen LogP contribution in [0.25, 0.3) is 0 Å². The first-order valence-electron chi connectivity index (χ1n) is 9.37. The average Bonchev–Trinajstić information content (AvgIpc) is 3.14. The number of piperidine rings is 2. The predicted octanol–water partition coefficient (Wildman–Crippen LogP) is 0.850. The van der Waals surface area contributed by atoms with Crippen molar-refractivity contribution in [2.75, 3.05) is 19.6 Å². The van der Waals surface area contributed by atoms with Crippen LogP contribution < -0.4 is 5.73 Å². The molecule has 1 aromatic heterocycles. The van der Waals surface area contributed by atoms with Crippen molar-refractivity contribution in [1.82, 2.24) is 19.6 Å². The maximum absolute atomic E-state index is 13.0. The van der Waals surface area contributed by atoms with Crippen LogP contribution in [-0.4, -0.2) is 63.1 Å². The Morgan fingerprint density at radius 2 is 2.08 bits per heavy atom. The molecule has 25 heavy (non-hydrogen) atoms. The molecule has 1 aromatic rings. The summed E-state index contributed by atoms with van der Waals surface area (Å²) in [5.41, 5.74) is 5.45. The molecule has 2 aliphatic heterocycles. The third-order valence-corrected chi connectivity index (χ3v) is 5.62. The highest BCUT2D eigenvalue weighted by Gasteiger charge is 2.35. The van der Waals surface area contributed by atoms with Gasteiger partial charge in [0.25, 0.3) is 0 Å². The molecule has 2 saturated heterocycles. The lowest BCUT2D eigenvalue weighted by Gasteiger charge is -2.42. The van der Waals surface area contributed by atoms with Gasteiger partial charge in [-0.25, -0.2) is 0 Å². The lowest BCUT2D eigenvalue weighted by Crippen LogP contribution is -2.55. The van der Waals surface area contributed by atoms with Gasteiger partial charge in [0.05, 0.1) is 18.5 Å². The first-order chi connectivity index (χ1) is 12.1. The summed E-state index contributed by atoms with van der Waals surface area (Å²) in [4.78, 5) is 28.7. The molecule has 3 atom stereocenters. The highest BCUT2D eigenvalue weighted by molar-refractivity contribution is 5.83.